The number of methoxy groups -OCH3 is 2. The zero-order chi connectivity index (χ0) is 20.7. The minimum atomic E-state index is -3.45. The molecule has 0 radical (unpaired) electrons. The van der Waals surface area contributed by atoms with Crippen molar-refractivity contribution >= 4 is 27.3 Å². The average Bonchev–Trinajstić information content (AvgIpc) is 2.64. The maximum atomic E-state index is 12.3. The molecular weight excluding hydrogens is 380 g/mol. The van der Waals surface area contributed by atoms with Gasteiger partial charge >= 0.3 is 0 Å². The number of ether oxygens (including phenoxy) is 2. The number of sulfonamides is 1. The van der Waals surface area contributed by atoms with Gasteiger partial charge in [-0.25, -0.2) is 8.42 Å². The molecule has 2 aromatic carbocycles. The molecule has 152 valence electrons. The fourth-order valence-corrected chi connectivity index (χ4v) is 3.73. The van der Waals surface area contributed by atoms with E-state index in [0.29, 0.717) is 29.3 Å². The van der Waals surface area contributed by atoms with Crippen LogP contribution in [0.5, 0.6) is 11.5 Å². The number of hydrogen-bond donors (Lipinski definition) is 1. The second-order valence-corrected chi connectivity index (χ2v) is 8.30. The number of carbonyl (C=O) groups is 1. The van der Waals surface area contributed by atoms with E-state index in [2.05, 4.69) is 5.32 Å². The molecule has 0 aliphatic carbocycles. The largest absolute Gasteiger partial charge is 0.497 e. The first-order valence-corrected chi connectivity index (χ1v) is 10.7. The Hall–Kier alpha value is -2.74. The zero-order valence-corrected chi connectivity index (χ0v) is 17.4. The van der Waals surface area contributed by atoms with Crippen molar-refractivity contribution in [3.63, 3.8) is 0 Å². The van der Waals surface area contributed by atoms with Crippen LogP contribution in [-0.4, -0.2) is 41.3 Å². The van der Waals surface area contributed by atoms with Crippen molar-refractivity contribution in [3.05, 3.63) is 48.0 Å². The number of benzene rings is 2. The van der Waals surface area contributed by atoms with Gasteiger partial charge in [-0.3, -0.25) is 9.10 Å². The molecule has 0 saturated carbocycles. The molecule has 1 amide bonds. The SMILES string of the molecule is COc1ccc(OC)c(NC(=O)CCCN(c2cccc(C)c2)S(C)(=O)=O)c1. The van der Waals surface area contributed by atoms with Crippen LogP contribution in [-0.2, 0) is 14.8 Å². The van der Waals surface area contributed by atoms with Gasteiger partial charge in [-0.1, -0.05) is 12.1 Å². The van der Waals surface area contributed by atoms with Crippen LogP contribution in [0, 0.1) is 6.92 Å². The molecule has 28 heavy (non-hydrogen) atoms. The molecule has 0 aromatic heterocycles. The zero-order valence-electron chi connectivity index (χ0n) is 16.6. The number of amides is 1. The van der Waals surface area contributed by atoms with Gasteiger partial charge in [-0.15, -0.1) is 0 Å². The van der Waals surface area contributed by atoms with Crippen LogP contribution in [0.1, 0.15) is 18.4 Å². The third kappa shape index (κ3) is 5.88. The molecule has 0 saturated heterocycles. The molecule has 0 bridgehead atoms. The molecule has 0 fully saturated rings. The van der Waals surface area contributed by atoms with Gasteiger partial charge in [0.15, 0.2) is 0 Å². The Morgan fingerprint density at radius 2 is 1.86 bits per heavy atom. The monoisotopic (exact) mass is 406 g/mol. The highest BCUT2D eigenvalue weighted by Gasteiger charge is 2.18. The molecular formula is C20H26N2O5S. The first-order valence-electron chi connectivity index (χ1n) is 8.81. The summed E-state index contributed by atoms with van der Waals surface area (Å²) in [6.07, 6.45) is 1.70. The van der Waals surface area contributed by atoms with E-state index in [1.165, 1.54) is 11.4 Å². The van der Waals surface area contributed by atoms with Crippen molar-refractivity contribution < 1.29 is 22.7 Å². The van der Waals surface area contributed by atoms with E-state index < -0.39 is 10.0 Å². The predicted molar refractivity (Wildman–Crippen MR) is 111 cm³/mol. The minimum absolute atomic E-state index is 0.165. The number of nitrogens with zero attached hydrogens (tertiary/aromatic N) is 1. The Morgan fingerprint density at radius 1 is 1.11 bits per heavy atom. The van der Waals surface area contributed by atoms with Crippen molar-refractivity contribution in [2.24, 2.45) is 0 Å². The molecule has 0 aliphatic heterocycles. The van der Waals surface area contributed by atoms with Crippen LogP contribution in [0.4, 0.5) is 11.4 Å². The van der Waals surface area contributed by atoms with Gasteiger partial charge in [0.25, 0.3) is 0 Å². The first-order chi connectivity index (χ1) is 13.2. The third-order valence-corrected chi connectivity index (χ3v) is 5.33. The Bertz CT molecular complexity index is 928. The van der Waals surface area contributed by atoms with Crippen molar-refractivity contribution in [2.45, 2.75) is 19.8 Å². The lowest BCUT2D eigenvalue weighted by molar-refractivity contribution is -0.116. The molecule has 0 atom stereocenters. The molecule has 2 rings (SSSR count). The second-order valence-electron chi connectivity index (χ2n) is 6.39. The van der Waals surface area contributed by atoms with E-state index >= 15 is 0 Å². The summed E-state index contributed by atoms with van der Waals surface area (Å²) >= 11 is 0. The fraction of sp³-hybridized carbons (Fsp3) is 0.350. The number of anilines is 2. The second kappa shape index (κ2) is 9.45. The predicted octanol–water partition coefficient (Wildman–Crippen LogP) is 3.20. The van der Waals surface area contributed by atoms with E-state index in [-0.39, 0.29) is 18.9 Å². The normalized spacial score (nSPS) is 11.0. The van der Waals surface area contributed by atoms with Gasteiger partial charge in [-0.05, 0) is 43.2 Å². The van der Waals surface area contributed by atoms with E-state index in [4.69, 9.17) is 9.47 Å². The average molecular weight is 407 g/mol. The lowest BCUT2D eigenvalue weighted by Crippen LogP contribution is -2.31. The number of carbonyl (C=O) groups excluding carboxylic acids is 1. The summed E-state index contributed by atoms with van der Waals surface area (Å²) in [5.74, 6) is 0.884. The van der Waals surface area contributed by atoms with E-state index in [9.17, 15) is 13.2 Å². The Labute approximate surface area is 166 Å². The molecule has 1 N–H and O–H groups in total. The quantitative estimate of drug-likeness (QED) is 0.691. The number of aryl methyl sites for hydroxylation is 1. The molecule has 2 aromatic rings. The molecule has 8 heteroatoms. The van der Waals surface area contributed by atoms with E-state index in [0.717, 1.165) is 11.8 Å². The van der Waals surface area contributed by atoms with Crippen molar-refractivity contribution in [2.75, 3.05) is 36.6 Å². The summed E-state index contributed by atoms with van der Waals surface area (Å²) in [6, 6.07) is 12.4. The van der Waals surface area contributed by atoms with E-state index in [1.807, 2.05) is 25.1 Å². The summed E-state index contributed by atoms with van der Waals surface area (Å²) in [4.78, 5) is 12.3. The smallest absolute Gasteiger partial charge is 0.232 e. The van der Waals surface area contributed by atoms with Crippen molar-refractivity contribution in [1.82, 2.24) is 0 Å². The molecule has 0 unspecified atom stereocenters. The maximum absolute atomic E-state index is 12.3. The van der Waals surface area contributed by atoms with Crippen LogP contribution in [0.2, 0.25) is 0 Å². The van der Waals surface area contributed by atoms with Crippen LogP contribution in [0.25, 0.3) is 0 Å². The number of hydrogen-bond acceptors (Lipinski definition) is 5. The first kappa shape index (κ1) is 21.6. The maximum Gasteiger partial charge on any atom is 0.232 e. The summed E-state index contributed by atoms with van der Waals surface area (Å²) < 4.78 is 36.0. The number of rotatable bonds is 9. The van der Waals surface area contributed by atoms with E-state index in [1.54, 1.807) is 31.4 Å². The van der Waals surface area contributed by atoms with Crippen LogP contribution in [0.3, 0.4) is 0 Å². The Balaban J connectivity index is 2.02. The van der Waals surface area contributed by atoms with Gasteiger partial charge in [0.1, 0.15) is 11.5 Å². The summed E-state index contributed by atoms with van der Waals surface area (Å²) in [7, 11) is -0.389. The van der Waals surface area contributed by atoms with Crippen LogP contribution < -0.4 is 19.1 Å². The van der Waals surface area contributed by atoms with Gasteiger partial charge in [0, 0.05) is 19.0 Å². The topological polar surface area (TPSA) is 84.9 Å². The third-order valence-electron chi connectivity index (χ3n) is 4.14. The van der Waals surface area contributed by atoms with Crippen molar-refractivity contribution in [3.8, 4) is 11.5 Å². The van der Waals surface area contributed by atoms with Gasteiger partial charge in [0.2, 0.25) is 15.9 Å². The summed E-state index contributed by atoms with van der Waals surface area (Å²) in [5.41, 5.74) is 2.07. The molecule has 0 heterocycles. The minimum Gasteiger partial charge on any atom is -0.497 e. The van der Waals surface area contributed by atoms with Crippen molar-refractivity contribution in [1.29, 1.82) is 0 Å². The Kier molecular flexibility index (Phi) is 7.28. The van der Waals surface area contributed by atoms with Gasteiger partial charge in [-0.2, -0.15) is 0 Å². The Morgan fingerprint density at radius 3 is 2.46 bits per heavy atom. The lowest BCUT2D eigenvalue weighted by Gasteiger charge is -2.22. The molecule has 0 spiro atoms. The summed E-state index contributed by atoms with van der Waals surface area (Å²) in [6.45, 7) is 2.11. The fourth-order valence-electron chi connectivity index (χ4n) is 2.78. The highest BCUT2D eigenvalue weighted by Crippen LogP contribution is 2.29. The molecule has 0 aliphatic rings. The molecule has 7 nitrogen and oxygen atoms in total. The number of nitrogens with one attached hydrogen (secondary N) is 1. The highest BCUT2D eigenvalue weighted by atomic mass is 32.2. The van der Waals surface area contributed by atoms with Crippen LogP contribution >= 0.6 is 0 Å². The van der Waals surface area contributed by atoms with Crippen LogP contribution in [0.15, 0.2) is 42.5 Å². The van der Waals surface area contributed by atoms with Gasteiger partial charge < -0.3 is 14.8 Å². The highest BCUT2D eigenvalue weighted by molar-refractivity contribution is 7.92. The lowest BCUT2D eigenvalue weighted by atomic mass is 10.2. The van der Waals surface area contributed by atoms with Gasteiger partial charge in [0.05, 0.1) is 31.9 Å². The standard InChI is InChI=1S/C20H26N2O5S/c1-15-7-5-8-16(13-15)22(28(4,24)25)12-6-9-20(23)21-18-14-17(26-2)10-11-19(18)27-3/h5,7-8,10-11,13-14H,6,9,12H2,1-4H3,(H,21,23). The summed E-state index contributed by atoms with van der Waals surface area (Å²) in [5, 5.41) is 2.79.